The summed E-state index contributed by atoms with van der Waals surface area (Å²) >= 11 is 1.48. The lowest BCUT2D eigenvalue weighted by molar-refractivity contribution is -0.138. The second-order valence-electron chi connectivity index (χ2n) is 10.6. The molecule has 0 aromatic heterocycles. The summed E-state index contributed by atoms with van der Waals surface area (Å²) < 4.78 is 0. The summed E-state index contributed by atoms with van der Waals surface area (Å²) in [5.41, 5.74) is 4.93. The van der Waals surface area contributed by atoms with Crippen LogP contribution in [-0.2, 0) is 14.4 Å². The molecule has 0 radical (unpaired) electrons. The molecule has 0 saturated carbocycles. The number of rotatable bonds is 6. The lowest BCUT2D eigenvalue weighted by atomic mass is 9.91. The molecule has 208 valence electrons. The summed E-state index contributed by atoms with van der Waals surface area (Å²) in [6, 6.07) is 17.3. The smallest absolute Gasteiger partial charge is 0.255 e. The van der Waals surface area contributed by atoms with Crippen LogP contribution in [0.15, 0.2) is 82.0 Å². The third-order valence-corrected chi connectivity index (χ3v) is 8.49. The number of carbonyl (C=O) groups excluding carboxylic acids is 3. The number of para-hydroxylation sites is 1. The lowest BCUT2D eigenvalue weighted by Crippen LogP contribution is -2.50. The maximum atomic E-state index is 13.8. The van der Waals surface area contributed by atoms with Crippen LogP contribution in [0.5, 0.6) is 0 Å². The number of fused-ring (bicyclic) bond motifs is 1. The van der Waals surface area contributed by atoms with Crippen molar-refractivity contribution in [3.63, 3.8) is 0 Å². The number of aliphatic imine (C=N–C) groups is 1. The SMILES string of the molecule is CC(=O)N1CCN(C(=O)CC2=CSC3=NC(C)=C(C(=O)Nc4ccccc4)[C@@H](c4ccc(C(C)C)cc4)N23)CC1. The molecule has 5 rings (SSSR count). The highest BCUT2D eigenvalue weighted by molar-refractivity contribution is 8.16. The van der Waals surface area contributed by atoms with Gasteiger partial charge in [0, 0.05) is 44.5 Å². The van der Waals surface area contributed by atoms with E-state index in [0.29, 0.717) is 49.1 Å². The van der Waals surface area contributed by atoms with Gasteiger partial charge in [0.25, 0.3) is 5.91 Å². The van der Waals surface area contributed by atoms with Gasteiger partial charge >= 0.3 is 0 Å². The van der Waals surface area contributed by atoms with Gasteiger partial charge in [-0.15, -0.1) is 0 Å². The number of amides is 3. The number of nitrogens with zero attached hydrogens (tertiary/aromatic N) is 4. The molecule has 1 atom stereocenters. The number of carbonyl (C=O) groups is 3. The fraction of sp³-hybridized carbons (Fsp3) is 0.355. The molecule has 1 N–H and O–H groups in total. The number of amidine groups is 1. The number of hydrogen-bond donors (Lipinski definition) is 1. The van der Waals surface area contributed by atoms with Crippen molar-refractivity contribution in [1.82, 2.24) is 14.7 Å². The molecule has 3 aliphatic heterocycles. The Balaban J connectivity index is 1.45. The molecule has 3 aliphatic rings. The second kappa shape index (κ2) is 11.7. The summed E-state index contributed by atoms with van der Waals surface area (Å²) in [5.74, 6) is 0.208. The minimum absolute atomic E-state index is 0.00627. The van der Waals surface area contributed by atoms with Gasteiger partial charge in [0.05, 0.1) is 23.7 Å². The van der Waals surface area contributed by atoms with Crippen LogP contribution in [0.25, 0.3) is 0 Å². The average Bonchev–Trinajstić information content (AvgIpc) is 3.34. The van der Waals surface area contributed by atoms with E-state index in [1.807, 2.05) is 52.5 Å². The van der Waals surface area contributed by atoms with Crippen LogP contribution in [0.4, 0.5) is 5.69 Å². The minimum Gasteiger partial charge on any atom is -0.339 e. The molecule has 0 unspecified atom stereocenters. The van der Waals surface area contributed by atoms with Crippen LogP contribution in [0.3, 0.4) is 0 Å². The molecule has 1 saturated heterocycles. The van der Waals surface area contributed by atoms with Crippen molar-refractivity contribution in [2.24, 2.45) is 4.99 Å². The molecule has 0 spiro atoms. The topological polar surface area (TPSA) is 85.3 Å². The third-order valence-electron chi connectivity index (χ3n) is 7.61. The first-order valence-corrected chi connectivity index (χ1v) is 14.5. The van der Waals surface area contributed by atoms with Crippen molar-refractivity contribution in [3.8, 4) is 0 Å². The molecule has 40 heavy (non-hydrogen) atoms. The minimum atomic E-state index is -0.430. The molecular formula is C31H35N5O3S. The average molecular weight is 558 g/mol. The van der Waals surface area contributed by atoms with Gasteiger partial charge < -0.3 is 20.0 Å². The van der Waals surface area contributed by atoms with Crippen LogP contribution < -0.4 is 5.32 Å². The second-order valence-corrected chi connectivity index (χ2v) is 11.4. The maximum Gasteiger partial charge on any atom is 0.255 e. The quantitative estimate of drug-likeness (QED) is 0.534. The number of thioether (sulfide) groups is 1. The van der Waals surface area contributed by atoms with Crippen LogP contribution >= 0.6 is 11.8 Å². The molecule has 3 amide bonds. The normalized spacial score (nSPS) is 18.9. The third kappa shape index (κ3) is 5.70. The molecule has 8 nitrogen and oxygen atoms in total. The molecule has 2 aromatic rings. The predicted octanol–water partition coefficient (Wildman–Crippen LogP) is 5.10. The number of nitrogens with one attached hydrogen (secondary N) is 1. The summed E-state index contributed by atoms with van der Waals surface area (Å²) in [7, 11) is 0. The molecule has 0 bridgehead atoms. The fourth-order valence-electron chi connectivity index (χ4n) is 5.30. The van der Waals surface area contributed by atoms with E-state index in [0.717, 1.165) is 16.4 Å². The summed E-state index contributed by atoms with van der Waals surface area (Å²) in [6.45, 7) is 9.87. The summed E-state index contributed by atoms with van der Waals surface area (Å²) in [5, 5.41) is 5.78. The number of hydrogen-bond acceptors (Lipinski definition) is 6. The first-order chi connectivity index (χ1) is 19.2. The van der Waals surface area contributed by atoms with Crippen LogP contribution in [0.1, 0.15) is 57.2 Å². The van der Waals surface area contributed by atoms with E-state index in [1.165, 1.54) is 17.3 Å². The fourth-order valence-corrected chi connectivity index (χ4v) is 6.26. The summed E-state index contributed by atoms with van der Waals surface area (Å²) in [4.78, 5) is 49.4. The Morgan fingerprint density at radius 2 is 1.62 bits per heavy atom. The van der Waals surface area contributed by atoms with Crippen molar-refractivity contribution in [2.45, 2.75) is 46.1 Å². The van der Waals surface area contributed by atoms with Crippen molar-refractivity contribution in [1.29, 1.82) is 0 Å². The van der Waals surface area contributed by atoms with E-state index >= 15 is 0 Å². The highest BCUT2D eigenvalue weighted by atomic mass is 32.2. The van der Waals surface area contributed by atoms with E-state index in [4.69, 9.17) is 4.99 Å². The molecule has 2 aromatic carbocycles. The van der Waals surface area contributed by atoms with E-state index < -0.39 is 6.04 Å². The van der Waals surface area contributed by atoms with Crippen molar-refractivity contribution < 1.29 is 14.4 Å². The number of allylic oxidation sites excluding steroid dienone is 1. The Morgan fingerprint density at radius 1 is 0.975 bits per heavy atom. The van der Waals surface area contributed by atoms with Crippen molar-refractivity contribution >= 4 is 40.3 Å². The van der Waals surface area contributed by atoms with Crippen molar-refractivity contribution in [3.05, 3.63) is 88.1 Å². The Bertz CT molecular complexity index is 1390. The maximum absolute atomic E-state index is 13.8. The monoisotopic (exact) mass is 557 g/mol. The standard InChI is InChI=1S/C31H35N5O3S/c1-20(2)23-10-12-24(13-11-23)29-28(30(39)33-25-8-6-5-7-9-25)21(3)32-31-36(29)26(19-40-31)18-27(38)35-16-14-34(15-17-35)22(4)37/h5-13,19-20,29H,14-18H2,1-4H3,(H,33,39)/t29-/m1/s1. The van der Waals surface area contributed by atoms with E-state index in [2.05, 4.69) is 43.4 Å². The zero-order valence-electron chi connectivity index (χ0n) is 23.4. The Labute approximate surface area is 239 Å². The van der Waals surface area contributed by atoms with Crippen LogP contribution in [0.2, 0.25) is 0 Å². The highest BCUT2D eigenvalue weighted by Gasteiger charge is 2.41. The molecule has 0 aliphatic carbocycles. The van der Waals surface area contributed by atoms with Crippen LogP contribution in [-0.4, -0.2) is 63.8 Å². The number of piperazine rings is 1. The van der Waals surface area contributed by atoms with E-state index in [9.17, 15) is 14.4 Å². The zero-order chi connectivity index (χ0) is 28.4. The highest BCUT2D eigenvalue weighted by Crippen LogP contribution is 2.45. The van der Waals surface area contributed by atoms with Gasteiger partial charge in [0.1, 0.15) is 0 Å². The first kappa shape index (κ1) is 27.7. The Kier molecular flexibility index (Phi) is 8.12. The van der Waals surface area contributed by atoms with Gasteiger partial charge in [-0.1, -0.05) is 68.1 Å². The molecule has 1 fully saturated rings. The van der Waals surface area contributed by atoms with Gasteiger partial charge in [0.2, 0.25) is 11.8 Å². The van der Waals surface area contributed by atoms with Gasteiger partial charge in [-0.05, 0) is 41.5 Å². The summed E-state index contributed by atoms with van der Waals surface area (Å²) in [6.07, 6.45) is 0.194. The molecular weight excluding hydrogens is 522 g/mol. The number of anilines is 1. The number of benzene rings is 2. The predicted molar refractivity (Wildman–Crippen MR) is 159 cm³/mol. The van der Waals surface area contributed by atoms with Crippen LogP contribution in [0, 0.1) is 0 Å². The lowest BCUT2D eigenvalue weighted by Gasteiger charge is -2.38. The largest absolute Gasteiger partial charge is 0.339 e. The molecule has 3 heterocycles. The molecule has 9 heteroatoms. The first-order valence-electron chi connectivity index (χ1n) is 13.7. The van der Waals surface area contributed by atoms with Gasteiger partial charge in [-0.25, -0.2) is 4.99 Å². The van der Waals surface area contributed by atoms with Gasteiger partial charge in [0.15, 0.2) is 5.17 Å². The van der Waals surface area contributed by atoms with Gasteiger partial charge in [-0.3, -0.25) is 14.4 Å². The Hall–Kier alpha value is -3.85. The zero-order valence-corrected chi connectivity index (χ0v) is 24.2. The van der Waals surface area contributed by atoms with Gasteiger partial charge in [-0.2, -0.15) is 0 Å². The van der Waals surface area contributed by atoms with E-state index in [-0.39, 0.29) is 24.1 Å². The van der Waals surface area contributed by atoms with E-state index in [1.54, 1.807) is 11.8 Å². The van der Waals surface area contributed by atoms with Crippen molar-refractivity contribution in [2.75, 3.05) is 31.5 Å². The Morgan fingerprint density at radius 3 is 2.25 bits per heavy atom.